The zero-order valence-corrected chi connectivity index (χ0v) is 36.7. The van der Waals surface area contributed by atoms with Gasteiger partial charge in [-0.1, -0.05) is 71.6 Å². The number of aliphatic hydroxyl groups excluding tert-OH is 2. The van der Waals surface area contributed by atoms with E-state index in [1.807, 2.05) is 5.01 Å². The molecule has 0 saturated carbocycles. The highest BCUT2D eigenvalue weighted by Gasteiger charge is 2.50. The van der Waals surface area contributed by atoms with Crippen LogP contribution in [0.2, 0.25) is 0 Å². The van der Waals surface area contributed by atoms with Gasteiger partial charge in [-0.3, -0.25) is 19.4 Å². The van der Waals surface area contributed by atoms with Crippen molar-refractivity contribution in [1.29, 1.82) is 0 Å². The Morgan fingerprint density at radius 1 is 0.902 bits per heavy atom. The summed E-state index contributed by atoms with van der Waals surface area (Å²) in [5.74, 6) is -8.25. The summed E-state index contributed by atoms with van der Waals surface area (Å²) in [6.45, 7) is 13.9. The van der Waals surface area contributed by atoms with Crippen molar-refractivity contribution in [2.75, 3.05) is 25.5 Å². The Labute approximate surface area is 357 Å². The van der Waals surface area contributed by atoms with Gasteiger partial charge in [0.15, 0.2) is 5.75 Å². The molecule has 2 aromatic carbocycles. The standard InChI is InChI=1S/C46H63N3O12/c1-24-17-16-18-25(2)45(57)48-36-31(23-47-49-20-14-12-10-11-13-15-21-49)40(54)33-34(41(36)55)39(53)29(6)43-35(33)44(56)46(8,61-43)59-22-19-32(58-9)26(3)42(60-30(7)50)28(5)38(52)27(4)37(24)51/h16-19,22-24,26-28,32,37-38,42,51-55H,10-15,20-21H2,1-9H3,(H,48,57)/b17-16+,22-19+,25-18+,47-23-. The minimum absolute atomic E-state index is 0.0645. The molecule has 6 N–H and O–H groups in total. The number of Topliss-reactive ketones (excluding diaryl/α,β-unsaturated/α-hetero) is 1. The van der Waals surface area contributed by atoms with E-state index >= 15 is 0 Å². The average Bonchev–Trinajstić information content (AvgIpc) is 3.56. The van der Waals surface area contributed by atoms with Crippen molar-refractivity contribution in [2.45, 2.75) is 124 Å². The Kier molecular flexibility index (Phi) is 15.2. The van der Waals surface area contributed by atoms with Crippen molar-refractivity contribution in [1.82, 2.24) is 5.01 Å². The Morgan fingerprint density at radius 3 is 2.16 bits per heavy atom. The van der Waals surface area contributed by atoms with E-state index in [1.165, 1.54) is 59.4 Å². The molecule has 1 amide bonds. The van der Waals surface area contributed by atoms with E-state index in [0.717, 1.165) is 38.5 Å². The predicted octanol–water partition coefficient (Wildman–Crippen LogP) is 6.74. The Morgan fingerprint density at radius 2 is 1.54 bits per heavy atom. The Hall–Kier alpha value is -5.12. The maximum absolute atomic E-state index is 14.5. The van der Waals surface area contributed by atoms with Gasteiger partial charge in [0.25, 0.3) is 11.7 Å². The molecule has 1 saturated heterocycles. The van der Waals surface area contributed by atoms with Crippen molar-refractivity contribution in [2.24, 2.45) is 28.8 Å². The number of nitrogens with one attached hydrogen (secondary N) is 1. The van der Waals surface area contributed by atoms with E-state index in [2.05, 4.69) is 10.4 Å². The number of aliphatic hydroxyl groups is 2. The molecule has 0 radical (unpaired) electrons. The van der Waals surface area contributed by atoms with Crippen LogP contribution in [-0.4, -0.2) is 105 Å². The molecular formula is C46H63N3O12. The quantitative estimate of drug-likeness (QED) is 0.0814. The minimum atomic E-state index is -2.04. The molecule has 61 heavy (non-hydrogen) atoms. The number of phenolic OH excluding ortho intramolecular Hbond substituents is 3. The fourth-order valence-electron chi connectivity index (χ4n) is 8.53. The number of rotatable bonds is 4. The molecule has 4 aliphatic rings. The van der Waals surface area contributed by atoms with Gasteiger partial charge in [0.05, 0.1) is 53.0 Å². The number of nitrogens with zero attached hydrogens (tertiary/aromatic N) is 2. The first-order chi connectivity index (χ1) is 28.8. The topological polar surface area (TPSA) is 217 Å². The number of hydrogen-bond acceptors (Lipinski definition) is 14. The van der Waals surface area contributed by atoms with E-state index in [0.29, 0.717) is 13.1 Å². The first-order valence-electron chi connectivity index (χ1n) is 21.2. The largest absolute Gasteiger partial charge is 0.507 e. The third kappa shape index (κ3) is 9.84. The van der Waals surface area contributed by atoms with Crippen molar-refractivity contribution in [3.63, 3.8) is 0 Å². The summed E-state index contributed by atoms with van der Waals surface area (Å²) in [6, 6.07) is 0. The first kappa shape index (κ1) is 46.9. The second-order valence-corrected chi connectivity index (χ2v) is 16.9. The number of fused-ring (bicyclic) bond motifs is 14. The molecule has 2 aromatic rings. The Balaban J connectivity index is 1.71. The van der Waals surface area contributed by atoms with Crippen LogP contribution in [-0.2, 0) is 23.8 Å². The smallest absolute Gasteiger partial charge is 0.312 e. The second-order valence-electron chi connectivity index (χ2n) is 16.9. The van der Waals surface area contributed by atoms with Gasteiger partial charge < -0.3 is 49.8 Å². The highest BCUT2D eigenvalue weighted by molar-refractivity contribution is 6.23. The molecule has 9 unspecified atom stereocenters. The third-order valence-corrected chi connectivity index (χ3v) is 12.5. The van der Waals surface area contributed by atoms with Crippen molar-refractivity contribution in [3.8, 4) is 23.0 Å². The zero-order chi connectivity index (χ0) is 44.9. The average molecular weight is 850 g/mol. The van der Waals surface area contributed by atoms with Gasteiger partial charge in [-0.25, -0.2) is 0 Å². The maximum Gasteiger partial charge on any atom is 0.312 e. The summed E-state index contributed by atoms with van der Waals surface area (Å²) in [5.41, 5.74) is -0.276. The molecule has 1 fully saturated rings. The van der Waals surface area contributed by atoms with E-state index in [-0.39, 0.29) is 44.5 Å². The molecule has 9 atom stereocenters. The van der Waals surface area contributed by atoms with Crippen LogP contribution < -0.4 is 10.1 Å². The molecule has 6 rings (SSSR count). The van der Waals surface area contributed by atoms with Crippen LogP contribution in [0.1, 0.15) is 108 Å². The Bertz CT molecular complexity index is 2090. The molecule has 15 nitrogen and oxygen atoms in total. The number of ether oxygens (including phenoxy) is 4. The third-order valence-electron chi connectivity index (χ3n) is 12.5. The molecule has 0 aliphatic carbocycles. The minimum Gasteiger partial charge on any atom is -0.507 e. The molecule has 5 bridgehead atoms. The van der Waals surface area contributed by atoms with Crippen LogP contribution >= 0.6 is 0 Å². The van der Waals surface area contributed by atoms with Gasteiger partial charge in [0.2, 0.25) is 0 Å². The first-order valence-corrected chi connectivity index (χ1v) is 21.2. The van der Waals surface area contributed by atoms with E-state index in [9.17, 15) is 39.9 Å². The number of hydrazone groups is 1. The van der Waals surface area contributed by atoms with Crippen LogP contribution in [0.4, 0.5) is 5.69 Å². The molecule has 334 valence electrons. The number of amides is 1. The number of phenols is 3. The summed E-state index contributed by atoms with van der Waals surface area (Å²) in [4.78, 5) is 40.7. The number of ketones is 1. The van der Waals surface area contributed by atoms with E-state index < -0.39 is 88.8 Å². The normalized spacial score (nSPS) is 31.7. The monoisotopic (exact) mass is 849 g/mol. The lowest BCUT2D eigenvalue weighted by molar-refractivity contribution is -0.160. The van der Waals surface area contributed by atoms with Gasteiger partial charge in [-0.15, -0.1) is 0 Å². The number of allylic oxidation sites excluding steroid dienone is 2. The molecular weight excluding hydrogens is 787 g/mol. The highest BCUT2D eigenvalue weighted by atomic mass is 16.7. The van der Waals surface area contributed by atoms with Gasteiger partial charge in [0, 0.05) is 74.2 Å². The van der Waals surface area contributed by atoms with Crippen molar-refractivity contribution in [3.05, 3.63) is 52.8 Å². The van der Waals surface area contributed by atoms with Crippen LogP contribution in [0.15, 0.2) is 41.2 Å². The number of aromatic hydroxyl groups is 3. The summed E-state index contributed by atoms with van der Waals surface area (Å²) >= 11 is 0. The lowest BCUT2D eigenvalue weighted by Gasteiger charge is -2.38. The van der Waals surface area contributed by atoms with Gasteiger partial charge >= 0.3 is 11.8 Å². The van der Waals surface area contributed by atoms with Crippen LogP contribution in [0.3, 0.4) is 0 Å². The maximum atomic E-state index is 14.5. The lowest BCUT2D eigenvalue weighted by atomic mass is 9.78. The number of anilines is 1. The number of benzene rings is 2. The van der Waals surface area contributed by atoms with Gasteiger partial charge in [-0.05, 0) is 32.8 Å². The highest BCUT2D eigenvalue weighted by Crippen LogP contribution is 2.55. The number of carbonyl (C=O) groups excluding carboxylic acids is 3. The van der Waals surface area contributed by atoms with Crippen LogP contribution in [0.25, 0.3) is 10.8 Å². The summed E-state index contributed by atoms with van der Waals surface area (Å²) in [7, 11) is 1.44. The lowest BCUT2D eigenvalue weighted by Crippen LogP contribution is -2.46. The molecule has 0 aromatic heterocycles. The van der Waals surface area contributed by atoms with Crippen molar-refractivity contribution < 1.29 is 58.9 Å². The summed E-state index contributed by atoms with van der Waals surface area (Å²) in [5, 5.41) is 67.5. The SMILES string of the molecule is COC1/C=C/OC2(C)Oc3c(C)c(O)c4c(O)c(c(/C=N\N5CCCCCCCC5)c(O)c4c3C2=O)NC(=O)/C(C)=C/C=C/C(C)C(O)C(C)C(O)C(C)C(OC(C)=O)C1C. The van der Waals surface area contributed by atoms with Crippen LogP contribution in [0.5, 0.6) is 23.0 Å². The van der Waals surface area contributed by atoms with E-state index in [4.69, 9.17) is 18.9 Å². The zero-order valence-electron chi connectivity index (χ0n) is 36.7. The number of carbonyl (C=O) groups is 3. The van der Waals surface area contributed by atoms with E-state index in [1.54, 1.807) is 39.8 Å². The summed E-state index contributed by atoms with van der Waals surface area (Å²) < 4.78 is 23.7. The fourth-order valence-corrected chi connectivity index (χ4v) is 8.53. The summed E-state index contributed by atoms with van der Waals surface area (Å²) in [6.07, 6.45) is 11.1. The molecule has 4 aliphatic heterocycles. The van der Waals surface area contributed by atoms with Gasteiger partial charge in [0.1, 0.15) is 23.4 Å². The fraction of sp³-hybridized carbons (Fsp3) is 0.565. The second kappa shape index (κ2) is 19.7. The molecule has 4 heterocycles. The number of methoxy groups -OCH3 is 1. The van der Waals surface area contributed by atoms with Crippen molar-refractivity contribution >= 4 is 40.3 Å². The molecule has 0 spiro atoms. The predicted molar refractivity (Wildman–Crippen MR) is 231 cm³/mol. The van der Waals surface area contributed by atoms with Crippen LogP contribution in [0, 0.1) is 30.6 Å². The van der Waals surface area contributed by atoms with Gasteiger partial charge in [-0.2, -0.15) is 5.10 Å². The molecule has 15 heteroatoms. The number of hydrogen-bond donors (Lipinski definition) is 6. The number of esters is 1.